The Kier molecular flexibility index (Phi) is 5.48. The molecule has 0 aliphatic carbocycles. The van der Waals surface area contributed by atoms with Crippen LogP contribution in [0.3, 0.4) is 0 Å². The SMILES string of the molecule is CN(C)CCN1C(=O)C(=O)/C(=C(/O)c2ccc3ccccc3c2O)C1c1ccccc1. The van der Waals surface area contributed by atoms with E-state index >= 15 is 0 Å². The van der Waals surface area contributed by atoms with Crippen molar-refractivity contribution in [1.82, 2.24) is 9.80 Å². The minimum Gasteiger partial charge on any atom is -0.507 e. The van der Waals surface area contributed by atoms with Crippen molar-refractivity contribution < 1.29 is 19.8 Å². The Morgan fingerprint density at radius 2 is 1.65 bits per heavy atom. The Labute approximate surface area is 180 Å². The van der Waals surface area contributed by atoms with Crippen molar-refractivity contribution in [3.63, 3.8) is 0 Å². The highest BCUT2D eigenvalue weighted by molar-refractivity contribution is 6.46. The Balaban J connectivity index is 1.90. The number of fused-ring (bicyclic) bond motifs is 1. The number of hydrogen-bond donors (Lipinski definition) is 2. The zero-order chi connectivity index (χ0) is 22.1. The van der Waals surface area contributed by atoms with E-state index in [9.17, 15) is 19.8 Å². The average molecular weight is 416 g/mol. The lowest BCUT2D eigenvalue weighted by Gasteiger charge is -2.26. The van der Waals surface area contributed by atoms with Crippen LogP contribution in [0.1, 0.15) is 17.2 Å². The Morgan fingerprint density at radius 3 is 2.35 bits per heavy atom. The number of carbonyl (C=O) groups excluding carboxylic acids is 2. The number of rotatable bonds is 5. The summed E-state index contributed by atoms with van der Waals surface area (Å²) in [6.45, 7) is 0.898. The summed E-state index contributed by atoms with van der Waals surface area (Å²) in [5, 5.41) is 23.4. The number of likely N-dealkylation sites (tertiary alicyclic amines) is 1. The number of nitrogens with zero attached hydrogens (tertiary/aromatic N) is 2. The predicted molar refractivity (Wildman–Crippen MR) is 120 cm³/mol. The summed E-state index contributed by atoms with van der Waals surface area (Å²) in [5.41, 5.74) is 0.841. The van der Waals surface area contributed by atoms with Crippen LogP contribution in [-0.2, 0) is 9.59 Å². The Morgan fingerprint density at radius 1 is 0.968 bits per heavy atom. The molecule has 0 saturated carbocycles. The van der Waals surface area contributed by atoms with Gasteiger partial charge in [0, 0.05) is 18.5 Å². The van der Waals surface area contributed by atoms with E-state index in [1.54, 1.807) is 24.3 Å². The summed E-state index contributed by atoms with van der Waals surface area (Å²) in [6.07, 6.45) is 0. The van der Waals surface area contributed by atoms with E-state index in [0.717, 1.165) is 10.9 Å². The number of phenolic OH excluding ortho intramolecular Hbond substituents is 1. The molecule has 1 fully saturated rings. The first-order chi connectivity index (χ1) is 14.9. The first kappa shape index (κ1) is 20.6. The molecule has 158 valence electrons. The molecule has 1 aliphatic rings. The van der Waals surface area contributed by atoms with Crippen molar-refractivity contribution in [3.05, 3.63) is 83.4 Å². The number of aliphatic hydroxyl groups excluding tert-OH is 1. The van der Waals surface area contributed by atoms with Gasteiger partial charge in [0.1, 0.15) is 11.5 Å². The third-order valence-electron chi connectivity index (χ3n) is 5.60. The third kappa shape index (κ3) is 3.66. The van der Waals surface area contributed by atoms with E-state index in [4.69, 9.17) is 0 Å². The normalized spacial score (nSPS) is 18.3. The molecular formula is C25H24N2O4. The number of amides is 1. The van der Waals surface area contributed by atoms with Gasteiger partial charge in [0.25, 0.3) is 11.7 Å². The lowest BCUT2D eigenvalue weighted by atomic mass is 9.94. The largest absolute Gasteiger partial charge is 0.507 e. The third-order valence-corrected chi connectivity index (χ3v) is 5.60. The summed E-state index contributed by atoms with van der Waals surface area (Å²) in [7, 11) is 3.78. The summed E-state index contributed by atoms with van der Waals surface area (Å²) >= 11 is 0. The number of benzene rings is 3. The highest BCUT2D eigenvalue weighted by Gasteiger charge is 2.46. The van der Waals surface area contributed by atoms with Crippen LogP contribution in [0.2, 0.25) is 0 Å². The lowest BCUT2D eigenvalue weighted by molar-refractivity contribution is -0.140. The number of hydrogen-bond acceptors (Lipinski definition) is 5. The molecule has 3 aromatic carbocycles. The van der Waals surface area contributed by atoms with Crippen LogP contribution in [-0.4, -0.2) is 58.9 Å². The van der Waals surface area contributed by atoms with E-state index in [1.165, 1.54) is 4.90 Å². The van der Waals surface area contributed by atoms with Gasteiger partial charge >= 0.3 is 0 Å². The van der Waals surface area contributed by atoms with Crippen LogP contribution in [0.25, 0.3) is 16.5 Å². The van der Waals surface area contributed by atoms with Crippen LogP contribution < -0.4 is 0 Å². The quantitative estimate of drug-likeness (QED) is 0.378. The van der Waals surface area contributed by atoms with Gasteiger partial charge in [-0.1, -0.05) is 60.7 Å². The van der Waals surface area contributed by atoms with Gasteiger partial charge in [0.15, 0.2) is 0 Å². The molecule has 0 radical (unpaired) electrons. The first-order valence-corrected chi connectivity index (χ1v) is 10.1. The second kappa shape index (κ2) is 8.24. The van der Waals surface area contributed by atoms with Crippen molar-refractivity contribution in [2.24, 2.45) is 0 Å². The van der Waals surface area contributed by atoms with Crippen LogP contribution >= 0.6 is 0 Å². The Bertz CT molecular complexity index is 1180. The van der Waals surface area contributed by atoms with Crippen molar-refractivity contribution in [1.29, 1.82) is 0 Å². The van der Waals surface area contributed by atoms with Crippen LogP contribution in [0.4, 0.5) is 0 Å². The van der Waals surface area contributed by atoms with E-state index in [-0.39, 0.29) is 22.6 Å². The fraction of sp³-hybridized carbons (Fsp3) is 0.200. The van der Waals surface area contributed by atoms with E-state index in [1.807, 2.05) is 61.5 Å². The molecule has 1 heterocycles. The molecule has 0 bridgehead atoms. The molecule has 6 nitrogen and oxygen atoms in total. The van der Waals surface area contributed by atoms with Crippen molar-refractivity contribution in [2.75, 3.05) is 27.2 Å². The number of ketones is 1. The zero-order valence-electron chi connectivity index (χ0n) is 17.4. The van der Waals surface area contributed by atoms with Crippen LogP contribution in [0.15, 0.2) is 72.3 Å². The van der Waals surface area contributed by atoms with Gasteiger partial charge in [-0.05, 0) is 31.1 Å². The second-order valence-corrected chi connectivity index (χ2v) is 7.89. The molecule has 1 aliphatic heterocycles. The highest BCUT2D eigenvalue weighted by atomic mass is 16.3. The fourth-order valence-corrected chi connectivity index (χ4v) is 3.99. The summed E-state index contributed by atoms with van der Waals surface area (Å²) in [4.78, 5) is 29.3. The molecule has 4 rings (SSSR count). The van der Waals surface area contributed by atoms with Gasteiger partial charge in [0.2, 0.25) is 0 Å². The number of phenols is 1. The molecule has 3 aromatic rings. The number of likely N-dealkylation sites (N-methyl/N-ethyl adjacent to an activating group) is 1. The number of Topliss-reactive ketones (excluding diaryl/α,β-unsaturated/α-hetero) is 1. The first-order valence-electron chi connectivity index (χ1n) is 10.1. The van der Waals surface area contributed by atoms with Gasteiger partial charge < -0.3 is 20.0 Å². The van der Waals surface area contributed by atoms with Crippen molar-refractivity contribution in [2.45, 2.75) is 6.04 Å². The molecule has 0 spiro atoms. The van der Waals surface area contributed by atoms with Gasteiger partial charge in [-0.3, -0.25) is 9.59 Å². The molecule has 2 N–H and O–H groups in total. The minimum atomic E-state index is -0.752. The molecular weight excluding hydrogens is 392 g/mol. The zero-order valence-corrected chi connectivity index (χ0v) is 17.4. The standard InChI is InChI=1S/C25H24N2O4/c1-26(2)14-15-27-21(17-9-4-3-5-10-17)20(24(30)25(27)31)23(29)19-13-12-16-8-6-7-11-18(16)22(19)28/h3-13,21,28-29H,14-15H2,1-2H3/b23-20+. The summed E-state index contributed by atoms with van der Waals surface area (Å²) in [5.74, 6) is -1.90. The van der Waals surface area contributed by atoms with Crippen LogP contribution in [0, 0.1) is 0 Å². The van der Waals surface area contributed by atoms with Crippen molar-refractivity contribution >= 4 is 28.2 Å². The van der Waals surface area contributed by atoms with Gasteiger partial charge in [-0.2, -0.15) is 0 Å². The monoisotopic (exact) mass is 416 g/mol. The summed E-state index contributed by atoms with van der Waals surface area (Å²) in [6, 6.07) is 19.0. The smallest absolute Gasteiger partial charge is 0.295 e. The highest BCUT2D eigenvalue weighted by Crippen LogP contribution is 2.41. The van der Waals surface area contributed by atoms with Crippen molar-refractivity contribution in [3.8, 4) is 5.75 Å². The van der Waals surface area contributed by atoms with Crippen LogP contribution in [0.5, 0.6) is 5.75 Å². The maximum atomic E-state index is 13.0. The second-order valence-electron chi connectivity index (χ2n) is 7.89. The maximum Gasteiger partial charge on any atom is 0.295 e. The lowest BCUT2D eigenvalue weighted by Crippen LogP contribution is -2.35. The Hall–Kier alpha value is -3.64. The van der Waals surface area contributed by atoms with Gasteiger partial charge in [0.05, 0.1) is 17.2 Å². The molecule has 0 aromatic heterocycles. The number of carbonyl (C=O) groups is 2. The van der Waals surface area contributed by atoms with Gasteiger partial charge in [-0.15, -0.1) is 0 Å². The number of aliphatic hydroxyl groups is 1. The average Bonchev–Trinajstić information content (AvgIpc) is 3.03. The molecule has 1 saturated heterocycles. The number of aromatic hydroxyl groups is 1. The molecule has 31 heavy (non-hydrogen) atoms. The van der Waals surface area contributed by atoms with E-state index in [2.05, 4.69) is 0 Å². The molecule has 1 unspecified atom stereocenters. The fourth-order valence-electron chi connectivity index (χ4n) is 3.99. The molecule has 1 atom stereocenters. The topological polar surface area (TPSA) is 81.1 Å². The van der Waals surface area contributed by atoms with E-state index in [0.29, 0.717) is 18.5 Å². The van der Waals surface area contributed by atoms with E-state index < -0.39 is 17.7 Å². The summed E-state index contributed by atoms with van der Waals surface area (Å²) < 4.78 is 0. The van der Waals surface area contributed by atoms with Gasteiger partial charge in [-0.25, -0.2) is 0 Å². The predicted octanol–water partition coefficient (Wildman–Crippen LogP) is 3.53. The maximum absolute atomic E-state index is 13.0. The molecule has 6 heteroatoms. The minimum absolute atomic E-state index is 0.0134. The molecule has 1 amide bonds.